The van der Waals surface area contributed by atoms with Crippen LogP contribution in [0.4, 0.5) is 5.69 Å². The van der Waals surface area contributed by atoms with Gasteiger partial charge < -0.3 is 0 Å². The first-order chi connectivity index (χ1) is 10.9. The van der Waals surface area contributed by atoms with E-state index in [0.717, 1.165) is 5.70 Å². The van der Waals surface area contributed by atoms with Crippen LogP contribution in [0.5, 0.6) is 0 Å². The molecule has 1 N–H and O–H groups in total. The summed E-state index contributed by atoms with van der Waals surface area (Å²) >= 11 is 1.79. The Morgan fingerprint density at radius 2 is 1.55 bits per heavy atom. The predicted octanol–water partition coefficient (Wildman–Crippen LogP) is 4.86. The standard InChI is InChI=1S/C19H16N2S/c1-3-8-15(9-4-1)17-14-18(19-12-7-13-22-19)21(20-17)16-10-5-2-6-11-16/h1-14,18,20H. The van der Waals surface area contributed by atoms with Gasteiger partial charge in [-0.15, -0.1) is 11.3 Å². The molecular weight excluding hydrogens is 288 g/mol. The SMILES string of the molecule is C1=C(c2ccccc2)NN(c2ccccc2)C1c1cccs1. The van der Waals surface area contributed by atoms with Crippen LogP contribution < -0.4 is 10.4 Å². The molecule has 0 amide bonds. The van der Waals surface area contributed by atoms with Gasteiger partial charge in [0.25, 0.3) is 0 Å². The molecule has 3 aromatic rings. The first-order valence-corrected chi connectivity index (χ1v) is 8.21. The maximum Gasteiger partial charge on any atom is 0.105 e. The zero-order valence-corrected chi connectivity index (χ0v) is 12.8. The molecule has 1 atom stereocenters. The second-order valence-electron chi connectivity index (χ2n) is 5.22. The van der Waals surface area contributed by atoms with Crippen LogP contribution in [-0.2, 0) is 0 Å². The first-order valence-electron chi connectivity index (χ1n) is 7.33. The fourth-order valence-corrected chi connectivity index (χ4v) is 3.51. The van der Waals surface area contributed by atoms with Gasteiger partial charge in [0.1, 0.15) is 6.04 Å². The van der Waals surface area contributed by atoms with Crippen LogP contribution in [0.25, 0.3) is 5.70 Å². The van der Waals surface area contributed by atoms with Crippen molar-refractivity contribution in [2.24, 2.45) is 0 Å². The molecule has 0 radical (unpaired) electrons. The van der Waals surface area contributed by atoms with Gasteiger partial charge in [0.2, 0.25) is 0 Å². The maximum atomic E-state index is 3.56. The zero-order chi connectivity index (χ0) is 14.8. The normalized spacial score (nSPS) is 17.2. The molecule has 0 saturated carbocycles. The Bertz CT molecular complexity index is 764. The largest absolute Gasteiger partial charge is 0.297 e. The van der Waals surface area contributed by atoms with Crippen LogP contribution in [-0.4, -0.2) is 0 Å². The summed E-state index contributed by atoms with van der Waals surface area (Å²) in [5.41, 5.74) is 7.10. The average molecular weight is 304 g/mol. The lowest BCUT2D eigenvalue weighted by Crippen LogP contribution is -2.33. The smallest absolute Gasteiger partial charge is 0.105 e. The van der Waals surface area contributed by atoms with E-state index in [4.69, 9.17) is 0 Å². The highest BCUT2D eigenvalue weighted by molar-refractivity contribution is 7.10. The third kappa shape index (κ3) is 2.40. The molecule has 2 heterocycles. The van der Waals surface area contributed by atoms with E-state index < -0.39 is 0 Å². The first kappa shape index (κ1) is 13.2. The van der Waals surface area contributed by atoms with E-state index >= 15 is 0 Å². The Balaban J connectivity index is 1.74. The second kappa shape index (κ2) is 5.70. The number of hydrazine groups is 1. The van der Waals surface area contributed by atoms with Crippen LogP contribution in [0.2, 0.25) is 0 Å². The van der Waals surface area contributed by atoms with Crippen LogP contribution in [0.1, 0.15) is 16.5 Å². The average Bonchev–Trinajstić information content (AvgIpc) is 3.26. The fraction of sp³-hybridized carbons (Fsp3) is 0.0526. The van der Waals surface area contributed by atoms with E-state index in [2.05, 4.69) is 82.6 Å². The molecule has 0 aliphatic carbocycles. The molecule has 1 aromatic heterocycles. The minimum absolute atomic E-state index is 0.220. The lowest BCUT2D eigenvalue weighted by molar-refractivity contribution is 0.733. The topological polar surface area (TPSA) is 15.3 Å². The van der Waals surface area contributed by atoms with E-state index in [9.17, 15) is 0 Å². The predicted molar refractivity (Wildman–Crippen MR) is 93.5 cm³/mol. The van der Waals surface area contributed by atoms with Crippen molar-refractivity contribution in [2.45, 2.75) is 6.04 Å². The number of hydrogen-bond donors (Lipinski definition) is 1. The molecule has 0 fully saturated rings. The van der Waals surface area contributed by atoms with Crippen LogP contribution >= 0.6 is 11.3 Å². The highest BCUT2D eigenvalue weighted by Gasteiger charge is 2.27. The van der Waals surface area contributed by atoms with E-state index in [0.29, 0.717) is 0 Å². The second-order valence-corrected chi connectivity index (χ2v) is 6.20. The number of para-hydroxylation sites is 1. The van der Waals surface area contributed by atoms with Gasteiger partial charge >= 0.3 is 0 Å². The monoisotopic (exact) mass is 304 g/mol. The lowest BCUT2D eigenvalue weighted by Gasteiger charge is -2.26. The summed E-state index contributed by atoms with van der Waals surface area (Å²) in [5.74, 6) is 0. The number of thiophene rings is 1. The number of nitrogens with zero attached hydrogens (tertiary/aromatic N) is 1. The number of nitrogens with one attached hydrogen (secondary N) is 1. The molecule has 4 rings (SSSR count). The minimum atomic E-state index is 0.220. The molecular formula is C19H16N2S. The van der Waals surface area contributed by atoms with Gasteiger partial charge in [0, 0.05) is 4.88 Å². The third-order valence-electron chi connectivity index (χ3n) is 3.80. The summed E-state index contributed by atoms with van der Waals surface area (Å²) in [4.78, 5) is 1.34. The molecule has 0 saturated heterocycles. The summed E-state index contributed by atoms with van der Waals surface area (Å²) in [5, 5.41) is 4.36. The Morgan fingerprint density at radius 3 is 2.23 bits per heavy atom. The Kier molecular flexibility index (Phi) is 3.41. The van der Waals surface area contributed by atoms with Crippen LogP contribution in [0, 0.1) is 0 Å². The number of hydrogen-bond acceptors (Lipinski definition) is 3. The van der Waals surface area contributed by atoms with Gasteiger partial charge in [0.05, 0.1) is 11.4 Å². The van der Waals surface area contributed by atoms with Gasteiger partial charge in [-0.2, -0.15) is 0 Å². The van der Waals surface area contributed by atoms with Crippen molar-refractivity contribution in [3.63, 3.8) is 0 Å². The summed E-state index contributed by atoms with van der Waals surface area (Å²) in [6, 6.07) is 25.4. The molecule has 1 aliphatic heterocycles. The van der Waals surface area contributed by atoms with Crippen molar-refractivity contribution >= 4 is 22.7 Å². The molecule has 1 unspecified atom stereocenters. The molecule has 2 aromatic carbocycles. The molecule has 2 nitrogen and oxygen atoms in total. The van der Waals surface area contributed by atoms with Crippen molar-refractivity contribution < 1.29 is 0 Å². The molecule has 1 aliphatic rings. The van der Waals surface area contributed by atoms with Gasteiger partial charge in [-0.25, -0.2) is 0 Å². The minimum Gasteiger partial charge on any atom is -0.297 e. The highest BCUT2D eigenvalue weighted by Crippen LogP contribution is 2.36. The van der Waals surface area contributed by atoms with Gasteiger partial charge in [-0.05, 0) is 35.2 Å². The van der Waals surface area contributed by atoms with Crippen molar-refractivity contribution in [3.8, 4) is 0 Å². The number of anilines is 1. The van der Waals surface area contributed by atoms with Crippen LogP contribution in [0.15, 0.2) is 84.3 Å². The quantitative estimate of drug-likeness (QED) is 0.743. The van der Waals surface area contributed by atoms with Crippen molar-refractivity contribution in [2.75, 3.05) is 5.01 Å². The molecule has 108 valence electrons. The third-order valence-corrected chi connectivity index (χ3v) is 4.74. The highest BCUT2D eigenvalue weighted by atomic mass is 32.1. The summed E-state index contributed by atoms with van der Waals surface area (Å²) < 4.78 is 0. The van der Waals surface area contributed by atoms with Crippen molar-refractivity contribution in [3.05, 3.63) is 94.7 Å². The van der Waals surface area contributed by atoms with Crippen molar-refractivity contribution in [1.82, 2.24) is 5.43 Å². The molecule has 0 bridgehead atoms. The summed E-state index contributed by atoms with van der Waals surface area (Å²) in [6.45, 7) is 0. The number of rotatable bonds is 3. The summed E-state index contributed by atoms with van der Waals surface area (Å²) in [7, 11) is 0. The van der Waals surface area contributed by atoms with E-state index in [-0.39, 0.29) is 6.04 Å². The molecule has 22 heavy (non-hydrogen) atoms. The molecule has 0 spiro atoms. The van der Waals surface area contributed by atoms with Gasteiger partial charge in [0.15, 0.2) is 0 Å². The van der Waals surface area contributed by atoms with E-state index in [1.165, 1.54) is 16.1 Å². The van der Waals surface area contributed by atoms with E-state index in [1.54, 1.807) is 11.3 Å². The fourth-order valence-electron chi connectivity index (χ4n) is 2.73. The zero-order valence-electron chi connectivity index (χ0n) is 12.0. The Morgan fingerprint density at radius 1 is 0.818 bits per heavy atom. The van der Waals surface area contributed by atoms with Gasteiger partial charge in [-0.1, -0.05) is 54.6 Å². The Labute approximate surface area is 134 Å². The van der Waals surface area contributed by atoms with Gasteiger partial charge in [-0.3, -0.25) is 10.4 Å². The molecule has 3 heteroatoms. The van der Waals surface area contributed by atoms with Crippen molar-refractivity contribution in [1.29, 1.82) is 0 Å². The Hall–Kier alpha value is -2.52. The number of benzene rings is 2. The van der Waals surface area contributed by atoms with E-state index in [1.807, 2.05) is 12.1 Å². The van der Waals surface area contributed by atoms with Crippen LogP contribution in [0.3, 0.4) is 0 Å². The maximum absolute atomic E-state index is 3.56. The lowest BCUT2D eigenvalue weighted by atomic mass is 10.1. The summed E-state index contributed by atoms with van der Waals surface area (Å²) in [6.07, 6.45) is 2.30.